The molecule has 0 aliphatic carbocycles. The van der Waals surface area contributed by atoms with E-state index in [4.69, 9.17) is 5.11 Å². The van der Waals surface area contributed by atoms with E-state index in [0.717, 1.165) is 0 Å². The van der Waals surface area contributed by atoms with Crippen molar-refractivity contribution in [3.8, 4) is 0 Å². The van der Waals surface area contributed by atoms with Gasteiger partial charge >= 0.3 is 18.2 Å². The van der Waals surface area contributed by atoms with Crippen LogP contribution in [0.3, 0.4) is 0 Å². The molecule has 17 heavy (non-hydrogen) atoms. The van der Waals surface area contributed by atoms with E-state index >= 15 is 0 Å². The Hall–Kier alpha value is -1.73. The lowest BCUT2D eigenvalue weighted by Gasteiger charge is -2.23. The number of carboxylic acids is 1. The highest BCUT2D eigenvalue weighted by atomic mass is 19.4. The first-order chi connectivity index (χ1) is 7.70. The molecule has 0 aromatic rings. The minimum Gasteiger partial charge on any atom is -0.480 e. The molecular formula is C9H12F3NO4. The predicted octanol–water partition coefficient (Wildman–Crippen LogP) is 1.55. The highest BCUT2D eigenvalue weighted by Crippen LogP contribution is 2.28. The number of carbonyl (C=O) groups excluding carboxylic acids is 1. The van der Waals surface area contributed by atoms with Crippen molar-refractivity contribution in [1.82, 2.24) is 5.32 Å². The number of carboxylic acid groups (broad SMARTS) is 1. The van der Waals surface area contributed by atoms with Crippen LogP contribution >= 0.6 is 0 Å². The fourth-order valence-electron chi connectivity index (χ4n) is 0.893. The summed E-state index contributed by atoms with van der Waals surface area (Å²) in [6.07, 6.45) is -4.77. The Morgan fingerprint density at radius 1 is 1.53 bits per heavy atom. The van der Waals surface area contributed by atoms with Crippen LogP contribution in [0.25, 0.3) is 0 Å². The Balaban J connectivity index is 4.60. The van der Waals surface area contributed by atoms with Crippen LogP contribution in [0.5, 0.6) is 0 Å². The third-order valence-corrected chi connectivity index (χ3v) is 1.89. The van der Waals surface area contributed by atoms with Crippen LogP contribution in [0.15, 0.2) is 12.7 Å². The third kappa shape index (κ3) is 5.23. The van der Waals surface area contributed by atoms with Gasteiger partial charge in [-0.1, -0.05) is 19.6 Å². The number of carbonyl (C=O) groups is 2. The van der Waals surface area contributed by atoms with E-state index in [1.54, 1.807) is 5.32 Å². The molecule has 0 saturated heterocycles. The lowest BCUT2D eigenvalue weighted by Crippen LogP contribution is -2.49. The summed E-state index contributed by atoms with van der Waals surface area (Å²) in [4.78, 5) is 21.5. The summed E-state index contributed by atoms with van der Waals surface area (Å²) in [6, 6.07) is -2.09. The molecule has 1 amide bonds. The predicted molar refractivity (Wildman–Crippen MR) is 51.3 cm³/mol. The van der Waals surface area contributed by atoms with E-state index < -0.39 is 30.2 Å². The minimum absolute atomic E-state index is 0.224. The highest BCUT2D eigenvalue weighted by Gasteiger charge is 2.45. The molecule has 0 heterocycles. The zero-order valence-electron chi connectivity index (χ0n) is 8.95. The molecule has 0 radical (unpaired) electrons. The molecule has 0 unspecified atom stereocenters. The third-order valence-electron chi connectivity index (χ3n) is 1.89. The van der Waals surface area contributed by atoms with Crippen LogP contribution in [-0.2, 0) is 9.53 Å². The van der Waals surface area contributed by atoms with Gasteiger partial charge in [-0.25, -0.2) is 9.59 Å². The van der Waals surface area contributed by atoms with Crippen molar-refractivity contribution in [2.75, 3.05) is 6.61 Å². The summed E-state index contributed by atoms with van der Waals surface area (Å²) in [7, 11) is 0. The number of alkyl carbamates (subject to hydrolysis) is 1. The molecule has 0 aliphatic rings. The number of alkyl halides is 3. The lowest BCUT2D eigenvalue weighted by atomic mass is 10.0. The monoisotopic (exact) mass is 255 g/mol. The smallest absolute Gasteiger partial charge is 0.408 e. The average Bonchev–Trinajstić information content (AvgIpc) is 2.20. The SMILES string of the molecule is C=CCOC(=O)N[C@H](C(=O)O)[C@@H](C)C(F)(F)F. The van der Waals surface area contributed by atoms with E-state index in [9.17, 15) is 22.8 Å². The molecule has 0 aliphatic heterocycles. The Kier molecular flexibility index (Phi) is 5.49. The number of rotatable bonds is 5. The number of amides is 1. The summed E-state index contributed by atoms with van der Waals surface area (Å²) in [5.41, 5.74) is 0. The molecule has 0 rings (SSSR count). The van der Waals surface area contributed by atoms with Gasteiger partial charge in [-0.15, -0.1) is 0 Å². The minimum atomic E-state index is -4.73. The van der Waals surface area contributed by atoms with Crippen LogP contribution < -0.4 is 5.32 Å². The zero-order valence-corrected chi connectivity index (χ0v) is 8.95. The van der Waals surface area contributed by atoms with Crippen molar-refractivity contribution >= 4 is 12.1 Å². The molecule has 2 N–H and O–H groups in total. The first kappa shape index (κ1) is 15.3. The second-order valence-electron chi connectivity index (χ2n) is 3.18. The van der Waals surface area contributed by atoms with E-state index in [-0.39, 0.29) is 6.61 Å². The van der Waals surface area contributed by atoms with Gasteiger partial charge in [0.15, 0.2) is 0 Å². The van der Waals surface area contributed by atoms with Gasteiger partial charge in [0.05, 0.1) is 5.92 Å². The van der Waals surface area contributed by atoms with Gasteiger partial charge in [0, 0.05) is 0 Å². The van der Waals surface area contributed by atoms with Crippen molar-refractivity contribution in [3.63, 3.8) is 0 Å². The zero-order chi connectivity index (χ0) is 13.6. The molecular weight excluding hydrogens is 243 g/mol. The fourth-order valence-corrected chi connectivity index (χ4v) is 0.893. The topological polar surface area (TPSA) is 75.6 Å². The summed E-state index contributed by atoms with van der Waals surface area (Å²) in [6.45, 7) is 3.66. The summed E-state index contributed by atoms with van der Waals surface area (Å²) in [5.74, 6) is -4.01. The van der Waals surface area contributed by atoms with Crippen molar-refractivity contribution in [1.29, 1.82) is 0 Å². The number of ether oxygens (including phenoxy) is 1. The standard InChI is InChI=1S/C9H12F3NO4/c1-3-4-17-8(16)13-6(7(14)15)5(2)9(10,11)12/h3,5-6H,1,4H2,2H3,(H,13,16)(H,14,15)/t5-,6+/m1/s1. The fraction of sp³-hybridized carbons (Fsp3) is 0.556. The quantitative estimate of drug-likeness (QED) is 0.731. The first-order valence-corrected chi connectivity index (χ1v) is 4.53. The number of hydrogen-bond acceptors (Lipinski definition) is 3. The second kappa shape index (κ2) is 6.12. The van der Waals surface area contributed by atoms with Gasteiger partial charge in [-0.2, -0.15) is 13.2 Å². The van der Waals surface area contributed by atoms with E-state index in [0.29, 0.717) is 6.92 Å². The number of halogens is 3. The number of nitrogens with one attached hydrogen (secondary N) is 1. The maximum absolute atomic E-state index is 12.3. The van der Waals surface area contributed by atoms with Crippen molar-refractivity contribution in [3.05, 3.63) is 12.7 Å². The Bertz CT molecular complexity index is 303. The Morgan fingerprint density at radius 3 is 2.41 bits per heavy atom. The van der Waals surface area contributed by atoms with Crippen LogP contribution in [0, 0.1) is 5.92 Å². The van der Waals surface area contributed by atoms with Crippen LogP contribution in [-0.4, -0.2) is 36.0 Å². The molecule has 98 valence electrons. The van der Waals surface area contributed by atoms with Gasteiger partial charge in [0.2, 0.25) is 0 Å². The lowest BCUT2D eigenvalue weighted by molar-refractivity contribution is -0.184. The highest BCUT2D eigenvalue weighted by molar-refractivity contribution is 5.80. The maximum atomic E-state index is 12.3. The van der Waals surface area contributed by atoms with Gasteiger partial charge in [0.1, 0.15) is 12.6 Å². The Morgan fingerprint density at radius 2 is 2.06 bits per heavy atom. The van der Waals surface area contributed by atoms with Gasteiger partial charge in [-0.3, -0.25) is 0 Å². The number of hydrogen-bond donors (Lipinski definition) is 2. The summed E-state index contributed by atoms with van der Waals surface area (Å²) < 4.78 is 41.2. The largest absolute Gasteiger partial charge is 0.480 e. The molecule has 2 atom stereocenters. The molecule has 8 heteroatoms. The summed E-state index contributed by atoms with van der Waals surface area (Å²) >= 11 is 0. The first-order valence-electron chi connectivity index (χ1n) is 4.53. The van der Waals surface area contributed by atoms with Crippen molar-refractivity contribution in [2.24, 2.45) is 5.92 Å². The van der Waals surface area contributed by atoms with Crippen LogP contribution in [0.4, 0.5) is 18.0 Å². The number of aliphatic carboxylic acids is 1. The van der Waals surface area contributed by atoms with E-state index in [1.807, 2.05) is 0 Å². The van der Waals surface area contributed by atoms with E-state index in [1.165, 1.54) is 6.08 Å². The van der Waals surface area contributed by atoms with Crippen LogP contribution in [0.2, 0.25) is 0 Å². The maximum Gasteiger partial charge on any atom is 0.408 e. The van der Waals surface area contributed by atoms with Gasteiger partial charge in [0.25, 0.3) is 0 Å². The molecule has 0 fully saturated rings. The molecule has 0 bridgehead atoms. The molecule has 0 saturated carbocycles. The van der Waals surface area contributed by atoms with Gasteiger partial charge in [-0.05, 0) is 0 Å². The molecule has 0 aromatic heterocycles. The Labute approximate surface area is 95.2 Å². The summed E-state index contributed by atoms with van der Waals surface area (Å²) in [5, 5.41) is 10.2. The molecule has 0 aromatic carbocycles. The second-order valence-corrected chi connectivity index (χ2v) is 3.18. The van der Waals surface area contributed by atoms with Gasteiger partial charge < -0.3 is 15.2 Å². The van der Waals surface area contributed by atoms with E-state index in [2.05, 4.69) is 11.3 Å². The van der Waals surface area contributed by atoms with Crippen LogP contribution in [0.1, 0.15) is 6.92 Å². The normalized spacial score (nSPS) is 14.6. The molecule has 0 spiro atoms. The average molecular weight is 255 g/mol. The molecule has 5 nitrogen and oxygen atoms in total. The van der Waals surface area contributed by atoms with Crippen molar-refractivity contribution in [2.45, 2.75) is 19.1 Å². The van der Waals surface area contributed by atoms with Crippen molar-refractivity contribution < 1.29 is 32.6 Å².